The second-order valence-corrected chi connectivity index (χ2v) is 8.50. The summed E-state index contributed by atoms with van der Waals surface area (Å²) < 4.78 is 0. The maximum Gasteiger partial charge on any atom is 0.253 e. The average Bonchev–Trinajstić information content (AvgIpc) is 3.61. The van der Waals surface area contributed by atoms with Crippen LogP contribution >= 0.6 is 0 Å². The summed E-state index contributed by atoms with van der Waals surface area (Å²) in [6.07, 6.45) is 6.65. The van der Waals surface area contributed by atoms with Crippen LogP contribution in [0.2, 0.25) is 0 Å². The molecule has 1 saturated heterocycles. The number of carbonyl (C=O) groups excluding carboxylic acids is 2. The standard InChI is InChI=1S/C25H31N3O2/c1-18(19-9-5-4-6-10-19)26-25(30)22-14-13-21(27-24(29)20-11-12-20)17-23(22)28-15-7-2-3-8-16-28/h4-6,9-10,13-14,17-18,20H,2-3,7-8,11-12,15-16H2,1H3,(H,26,30)(H,27,29). The zero-order valence-electron chi connectivity index (χ0n) is 17.7. The summed E-state index contributed by atoms with van der Waals surface area (Å²) in [5.74, 6) is 0.165. The van der Waals surface area contributed by atoms with Gasteiger partial charge in [0.1, 0.15) is 0 Å². The molecule has 1 heterocycles. The minimum absolute atomic E-state index is 0.0781. The third-order valence-electron chi connectivity index (χ3n) is 6.05. The molecule has 1 saturated carbocycles. The molecule has 2 aromatic rings. The van der Waals surface area contributed by atoms with Crippen LogP contribution in [0.1, 0.15) is 67.4 Å². The van der Waals surface area contributed by atoms with Crippen LogP contribution in [0.4, 0.5) is 11.4 Å². The predicted molar refractivity (Wildman–Crippen MR) is 121 cm³/mol. The Morgan fingerprint density at radius 3 is 2.33 bits per heavy atom. The highest BCUT2D eigenvalue weighted by molar-refractivity contribution is 6.02. The number of anilines is 2. The van der Waals surface area contributed by atoms with Gasteiger partial charge >= 0.3 is 0 Å². The molecule has 2 aliphatic rings. The lowest BCUT2D eigenvalue weighted by molar-refractivity contribution is -0.117. The zero-order chi connectivity index (χ0) is 20.9. The van der Waals surface area contributed by atoms with Gasteiger partial charge in [0, 0.05) is 24.7 Å². The Balaban J connectivity index is 1.57. The van der Waals surface area contributed by atoms with Crippen molar-refractivity contribution < 1.29 is 9.59 Å². The van der Waals surface area contributed by atoms with E-state index in [9.17, 15) is 9.59 Å². The van der Waals surface area contributed by atoms with Crippen LogP contribution in [0.5, 0.6) is 0 Å². The molecular formula is C25H31N3O2. The Morgan fingerprint density at radius 1 is 0.967 bits per heavy atom. The molecule has 2 aromatic carbocycles. The van der Waals surface area contributed by atoms with Crippen LogP contribution in [0.3, 0.4) is 0 Å². The topological polar surface area (TPSA) is 61.4 Å². The van der Waals surface area contributed by atoms with Crippen molar-refractivity contribution >= 4 is 23.2 Å². The molecule has 0 aromatic heterocycles. The van der Waals surface area contributed by atoms with Crippen LogP contribution in [-0.2, 0) is 4.79 Å². The van der Waals surface area contributed by atoms with Crippen LogP contribution in [0.15, 0.2) is 48.5 Å². The minimum Gasteiger partial charge on any atom is -0.371 e. The Bertz CT molecular complexity index is 885. The number of nitrogens with one attached hydrogen (secondary N) is 2. The Kier molecular flexibility index (Phi) is 6.36. The number of nitrogens with zero attached hydrogens (tertiary/aromatic N) is 1. The average molecular weight is 406 g/mol. The van der Waals surface area contributed by atoms with E-state index in [1.165, 1.54) is 12.8 Å². The molecule has 1 unspecified atom stereocenters. The predicted octanol–water partition coefficient (Wildman–Crippen LogP) is 4.91. The van der Waals surface area contributed by atoms with Crippen LogP contribution in [0, 0.1) is 5.92 Å². The van der Waals surface area contributed by atoms with E-state index in [0.29, 0.717) is 5.56 Å². The van der Waals surface area contributed by atoms with E-state index in [4.69, 9.17) is 0 Å². The summed E-state index contributed by atoms with van der Waals surface area (Å²) in [4.78, 5) is 27.7. The fraction of sp³-hybridized carbons (Fsp3) is 0.440. The molecule has 1 atom stereocenters. The van der Waals surface area contributed by atoms with Crippen molar-refractivity contribution in [1.29, 1.82) is 0 Å². The number of hydrogen-bond donors (Lipinski definition) is 2. The number of amides is 2. The zero-order valence-corrected chi connectivity index (χ0v) is 17.7. The molecule has 1 aliphatic heterocycles. The van der Waals surface area contributed by atoms with E-state index < -0.39 is 0 Å². The number of carbonyl (C=O) groups is 2. The second-order valence-electron chi connectivity index (χ2n) is 8.50. The van der Waals surface area contributed by atoms with Crippen LogP contribution < -0.4 is 15.5 Å². The van der Waals surface area contributed by atoms with Crippen LogP contribution in [0.25, 0.3) is 0 Å². The highest BCUT2D eigenvalue weighted by Crippen LogP contribution is 2.32. The lowest BCUT2D eigenvalue weighted by Crippen LogP contribution is -2.31. The van der Waals surface area contributed by atoms with Gasteiger partial charge in [0.2, 0.25) is 5.91 Å². The highest BCUT2D eigenvalue weighted by Gasteiger charge is 2.30. The van der Waals surface area contributed by atoms with Gasteiger partial charge in [-0.1, -0.05) is 43.2 Å². The SMILES string of the molecule is CC(NC(=O)c1ccc(NC(=O)C2CC2)cc1N1CCCCCC1)c1ccccc1. The largest absolute Gasteiger partial charge is 0.371 e. The fourth-order valence-electron chi connectivity index (χ4n) is 4.06. The Hall–Kier alpha value is -2.82. The van der Waals surface area contributed by atoms with Crippen molar-refractivity contribution in [3.63, 3.8) is 0 Å². The lowest BCUT2D eigenvalue weighted by atomic mass is 10.1. The molecule has 0 spiro atoms. The van der Waals surface area contributed by atoms with Gasteiger partial charge in [0.15, 0.2) is 0 Å². The van der Waals surface area contributed by atoms with Gasteiger partial charge in [0.25, 0.3) is 5.91 Å². The van der Waals surface area contributed by atoms with Crippen molar-refractivity contribution in [2.24, 2.45) is 5.92 Å². The molecule has 5 heteroatoms. The van der Waals surface area contributed by atoms with Crippen molar-refractivity contribution in [3.05, 3.63) is 59.7 Å². The molecule has 0 radical (unpaired) electrons. The molecule has 2 amide bonds. The summed E-state index contributed by atoms with van der Waals surface area (Å²) in [5, 5.41) is 6.18. The summed E-state index contributed by atoms with van der Waals surface area (Å²) in [7, 11) is 0. The second kappa shape index (κ2) is 9.33. The molecule has 0 bridgehead atoms. The van der Waals surface area contributed by atoms with Crippen LogP contribution in [-0.4, -0.2) is 24.9 Å². The molecule has 4 rings (SSSR count). The first kappa shape index (κ1) is 20.5. The monoisotopic (exact) mass is 405 g/mol. The normalized spacial score (nSPS) is 17.7. The van der Waals surface area contributed by atoms with E-state index in [2.05, 4.69) is 15.5 Å². The molecule has 2 N–H and O–H groups in total. The van der Waals surface area contributed by atoms with Gasteiger partial charge < -0.3 is 15.5 Å². The minimum atomic E-state index is -0.0788. The summed E-state index contributed by atoms with van der Waals surface area (Å²) in [6, 6.07) is 15.6. The molecule has 1 aliphatic carbocycles. The third-order valence-corrected chi connectivity index (χ3v) is 6.05. The molecular weight excluding hydrogens is 374 g/mol. The smallest absolute Gasteiger partial charge is 0.253 e. The first-order valence-corrected chi connectivity index (χ1v) is 11.2. The first-order chi connectivity index (χ1) is 14.6. The van der Waals surface area contributed by atoms with E-state index in [1.807, 2.05) is 55.5 Å². The van der Waals surface area contributed by atoms with Gasteiger partial charge in [-0.15, -0.1) is 0 Å². The maximum absolute atomic E-state index is 13.2. The van der Waals surface area contributed by atoms with Crippen molar-refractivity contribution in [1.82, 2.24) is 5.32 Å². The summed E-state index contributed by atoms with van der Waals surface area (Å²) in [6.45, 7) is 3.88. The molecule has 30 heavy (non-hydrogen) atoms. The number of rotatable bonds is 6. The van der Waals surface area contributed by atoms with Crippen molar-refractivity contribution in [2.45, 2.75) is 51.5 Å². The lowest BCUT2D eigenvalue weighted by Gasteiger charge is -2.26. The third kappa shape index (κ3) is 5.02. The van der Waals surface area contributed by atoms with Gasteiger partial charge in [-0.05, 0) is 56.4 Å². The van der Waals surface area contributed by atoms with Crippen molar-refractivity contribution in [2.75, 3.05) is 23.3 Å². The fourth-order valence-corrected chi connectivity index (χ4v) is 4.06. The van der Waals surface area contributed by atoms with E-state index in [1.54, 1.807) is 0 Å². The Morgan fingerprint density at radius 2 is 1.67 bits per heavy atom. The summed E-state index contributed by atoms with van der Waals surface area (Å²) >= 11 is 0. The van der Waals surface area contributed by atoms with E-state index in [-0.39, 0.29) is 23.8 Å². The quantitative estimate of drug-likeness (QED) is 0.718. The molecule has 2 fully saturated rings. The highest BCUT2D eigenvalue weighted by atomic mass is 16.2. The maximum atomic E-state index is 13.2. The van der Waals surface area contributed by atoms with Gasteiger partial charge in [-0.3, -0.25) is 9.59 Å². The van der Waals surface area contributed by atoms with E-state index >= 15 is 0 Å². The van der Waals surface area contributed by atoms with Gasteiger partial charge in [-0.2, -0.15) is 0 Å². The van der Waals surface area contributed by atoms with Gasteiger partial charge in [-0.25, -0.2) is 0 Å². The first-order valence-electron chi connectivity index (χ1n) is 11.2. The molecule has 158 valence electrons. The number of hydrogen-bond acceptors (Lipinski definition) is 3. The number of benzene rings is 2. The summed E-state index contributed by atoms with van der Waals surface area (Å²) in [5.41, 5.74) is 3.45. The van der Waals surface area contributed by atoms with Gasteiger partial charge in [0.05, 0.1) is 17.3 Å². The Labute approximate surface area is 178 Å². The van der Waals surface area contributed by atoms with Crippen molar-refractivity contribution in [3.8, 4) is 0 Å². The molecule has 5 nitrogen and oxygen atoms in total. The van der Waals surface area contributed by atoms with E-state index in [0.717, 1.165) is 55.7 Å².